The molecule has 2 atom stereocenters. The fourth-order valence-electron chi connectivity index (χ4n) is 3.22. The Morgan fingerprint density at radius 1 is 1.38 bits per heavy atom. The zero-order chi connectivity index (χ0) is 11.0. The molecule has 2 nitrogen and oxygen atoms in total. The second kappa shape index (κ2) is 4.10. The van der Waals surface area contributed by atoms with E-state index in [0.717, 1.165) is 30.7 Å². The van der Waals surface area contributed by atoms with E-state index in [0.29, 0.717) is 0 Å². The van der Waals surface area contributed by atoms with Crippen LogP contribution in [-0.4, -0.2) is 19.7 Å². The molecule has 1 saturated heterocycles. The summed E-state index contributed by atoms with van der Waals surface area (Å²) in [6, 6.07) is 6.55. The van der Waals surface area contributed by atoms with Crippen molar-refractivity contribution in [1.82, 2.24) is 5.32 Å². The molecule has 1 heterocycles. The highest BCUT2D eigenvalue weighted by Gasteiger charge is 2.34. The summed E-state index contributed by atoms with van der Waals surface area (Å²) in [6.45, 7) is 5.17. The van der Waals surface area contributed by atoms with E-state index < -0.39 is 0 Å². The van der Waals surface area contributed by atoms with Gasteiger partial charge in [0.1, 0.15) is 5.75 Å². The van der Waals surface area contributed by atoms with Gasteiger partial charge in [-0.15, -0.1) is 0 Å². The molecule has 1 fully saturated rings. The lowest BCUT2D eigenvalue weighted by Gasteiger charge is -2.28. The molecule has 1 aliphatic heterocycles. The van der Waals surface area contributed by atoms with Crippen molar-refractivity contribution < 1.29 is 4.74 Å². The summed E-state index contributed by atoms with van der Waals surface area (Å²) in [4.78, 5) is 0. The number of rotatable bonds is 2. The van der Waals surface area contributed by atoms with Crippen molar-refractivity contribution in [2.75, 3.05) is 19.7 Å². The summed E-state index contributed by atoms with van der Waals surface area (Å²) >= 11 is 0. The molecule has 1 N–H and O–H groups in total. The Morgan fingerprint density at radius 3 is 3.19 bits per heavy atom. The third-order valence-electron chi connectivity index (χ3n) is 3.97. The van der Waals surface area contributed by atoms with Gasteiger partial charge in [0.05, 0.1) is 6.61 Å². The van der Waals surface area contributed by atoms with E-state index in [-0.39, 0.29) is 0 Å². The van der Waals surface area contributed by atoms with E-state index in [4.69, 9.17) is 4.74 Å². The maximum Gasteiger partial charge on any atom is 0.122 e. The van der Waals surface area contributed by atoms with Crippen LogP contribution in [-0.2, 0) is 6.42 Å². The molecular weight excluding hydrogens is 198 g/mol. The molecule has 86 valence electrons. The molecular formula is C14H19NO. The second-order valence-corrected chi connectivity index (χ2v) is 4.82. The van der Waals surface area contributed by atoms with E-state index in [1.54, 1.807) is 0 Å². The van der Waals surface area contributed by atoms with Gasteiger partial charge < -0.3 is 10.1 Å². The Labute approximate surface area is 97.0 Å². The summed E-state index contributed by atoms with van der Waals surface area (Å²) in [5, 5.41) is 3.52. The highest BCUT2D eigenvalue weighted by molar-refractivity contribution is 5.44. The molecule has 3 rings (SSSR count). The third-order valence-corrected chi connectivity index (χ3v) is 3.97. The molecule has 0 bridgehead atoms. The molecule has 0 spiro atoms. The van der Waals surface area contributed by atoms with Gasteiger partial charge in [-0.05, 0) is 49.4 Å². The Hall–Kier alpha value is -1.02. The lowest BCUT2D eigenvalue weighted by Crippen LogP contribution is -2.19. The van der Waals surface area contributed by atoms with Gasteiger partial charge in [-0.25, -0.2) is 0 Å². The van der Waals surface area contributed by atoms with E-state index in [2.05, 4.69) is 30.4 Å². The molecule has 0 aromatic heterocycles. The summed E-state index contributed by atoms with van der Waals surface area (Å²) in [6.07, 6.45) is 2.50. The molecule has 2 aliphatic rings. The minimum atomic E-state index is 0.726. The summed E-state index contributed by atoms with van der Waals surface area (Å²) in [7, 11) is 0. The molecule has 0 amide bonds. The Morgan fingerprint density at radius 2 is 2.31 bits per heavy atom. The van der Waals surface area contributed by atoms with Crippen molar-refractivity contribution >= 4 is 0 Å². The van der Waals surface area contributed by atoms with Gasteiger partial charge in [-0.3, -0.25) is 0 Å². The van der Waals surface area contributed by atoms with Gasteiger partial charge in [0.2, 0.25) is 0 Å². The quantitative estimate of drug-likeness (QED) is 0.821. The van der Waals surface area contributed by atoms with Crippen LogP contribution in [0.5, 0.6) is 5.75 Å². The zero-order valence-corrected chi connectivity index (χ0v) is 9.83. The Kier molecular flexibility index (Phi) is 2.60. The van der Waals surface area contributed by atoms with Crippen molar-refractivity contribution in [3.63, 3.8) is 0 Å². The number of hydrogen-bond donors (Lipinski definition) is 1. The number of fused-ring (bicyclic) bond motifs is 3. The molecule has 0 unspecified atom stereocenters. The Bertz CT molecular complexity index is 388. The topological polar surface area (TPSA) is 21.3 Å². The first kappa shape index (κ1) is 10.2. The first-order valence-electron chi connectivity index (χ1n) is 6.35. The highest BCUT2D eigenvalue weighted by atomic mass is 16.5. The first-order chi connectivity index (χ1) is 7.90. The van der Waals surface area contributed by atoms with E-state index in [9.17, 15) is 0 Å². The van der Waals surface area contributed by atoms with Crippen LogP contribution in [0.3, 0.4) is 0 Å². The minimum absolute atomic E-state index is 0.726. The monoisotopic (exact) mass is 217 g/mol. The standard InChI is InChI=1S/C14H19NO/c1-2-16-14-5-3-4-11-12(14)7-6-10-8-15-9-13(10)11/h3-5,10,13,15H,2,6-9H2,1H3/t10-,13+/m0/s1. The fraction of sp³-hybridized carbons (Fsp3) is 0.571. The van der Waals surface area contributed by atoms with E-state index in [1.165, 1.54) is 30.5 Å². The largest absolute Gasteiger partial charge is 0.494 e. The van der Waals surface area contributed by atoms with Gasteiger partial charge in [-0.2, -0.15) is 0 Å². The van der Waals surface area contributed by atoms with Crippen LogP contribution in [0, 0.1) is 5.92 Å². The molecule has 2 heteroatoms. The third kappa shape index (κ3) is 1.52. The van der Waals surface area contributed by atoms with Crippen LogP contribution in [0.15, 0.2) is 18.2 Å². The summed E-state index contributed by atoms with van der Waals surface area (Å²) in [5.41, 5.74) is 3.00. The van der Waals surface area contributed by atoms with Crippen LogP contribution in [0.4, 0.5) is 0 Å². The normalized spacial score (nSPS) is 27.3. The van der Waals surface area contributed by atoms with Crippen molar-refractivity contribution in [3.05, 3.63) is 29.3 Å². The van der Waals surface area contributed by atoms with Crippen LogP contribution in [0.1, 0.15) is 30.4 Å². The number of benzene rings is 1. The van der Waals surface area contributed by atoms with Crippen molar-refractivity contribution in [1.29, 1.82) is 0 Å². The van der Waals surface area contributed by atoms with Crippen LogP contribution >= 0.6 is 0 Å². The van der Waals surface area contributed by atoms with Gasteiger partial charge in [0.25, 0.3) is 0 Å². The van der Waals surface area contributed by atoms with Gasteiger partial charge in [-0.1, -0.05) is 12.1 Å². The lowest BCUT2D eigenvalue weighted by atomic mass is 9.77. The second-order valence-electron chi connectivity index (χ2n) is 4.82. The average Bonchev–Trinajstić information content (AvgIpc) is 2.78. The van der Waals surface area contributed by atoms with Crippen molar-refractivity contribution in [3.8, 4) is 5.75 Å². The van der Waals surface area contributed by atoms with Gasteiger partial charge in [0, 0.05) is 12.5 Å². The summed E-state index contributed by atoms with van der Waals surface area (Å²) in [5.74, 6) is 2.69. The molecule has 1 aliphatic carbocycles. The number of nitrogens with one attached hydrogen (secondary N) is 1. The van der Waals surface area contributed by atoms with E-state index in [1.807, 2.05) is 0 Å². The molecule has 0 saturated carbocycles. The van der Waals surface area contributed by atoms with Crippen LogP contribution in [0.2, 0.25) is 0 Å². The van der Waals surface area contributed by atoms with Gasteiger partial charge in [0.15, 0.2) is 0 Å². The molecule has 0 radical (unpaired) electrons. The van der Waals surface area contributed by atoms with Crippen LogP contribution < -0.4 is 10.1 Å². The average molecular weight is 217 g/mol. The van der Waals surface area contributed by atoms with Crippen molar-refractivity contribution in [2.45, 2.75) is 25.7 Å². The fourth-order valence-corrected chi connectivity index (χ4v) is 3.22. The van der Waals surface area contributed by atoms with Crippen LogP contribution in [0.25, 0.3) is 0 Å². The van der Waals surface area contributed by atoms with E-state index >= 15 is 0 Å². The number of ether oxygens (including phenoxy) is 1. The maximum absolute atomic E-state index is 5.73. The maximum atomic E-state index is 5.73. The lowest BCUT2D eigenvalue weighted by molar-refractivity contribution is 0.330. The molecule has 1 aromatic carbocycles. The summed E-state index contributed by atoms with van der Waals surface area (Å²) < 4.78 is 5.73. The predicted molar refractivity (Wildman–Crippen MR) is 65.0 cm³/mol. The van der Waals surface area contributed by atoms with Gasteiger partial charge >= 0.3 is 0 Å². The highest BCUT2D eigenvalue weighted by Crippen LogP contribution is 2.41. The Balaban J connectivity index is 2.00. The SMILES string of the molecule is CCOc1cccc2c1CC[C@H]1CNC[C@@H]21. The smallest absolute Gasteiger partial charge is 0.122 e. The zero-order valence-electron chi connectivity index (χ0n) is 9.83. The van der Waals surface area contributed by atoms with Crippen molar-refractivity contribution in [2.24, 2.45) is 5.92 Å². The molecule has 1 aromatic rings. The molecule has 16 heavy (non-hydrogen) atoms. The minimum Gasteiger partial charge on any atom is -0.494 e. The first-order valence-corrected chi connectivity index (χ1v) is 6.35. The number of hydrogen-bond acceptors (Lipinski definition) is 2. The predicted octanol–water partition coefficient (Wildman–Crippen LogP) is 2.33.